The van der Waals surface area contributed by atoms with Crippen molar-refractivity contribution < 1.29 is 14.4 Å². The van der Waals surface area contributed by atoms with E-state index in [2.05, 4.69) is 21.5 Å². The van der Waals surface area contributed by atoms with Crippen LogP contribution in [0.5, 0.6) is 0 Å². The lowest BCUT2D eigenvalue weighted by atomic mass is 9.97. The molecule has 1 N–H and O–H groups in total. The van der Waals surface area contributed by atoms with Crippen LogP contribution in [0.4, 0.5) is 0 Å². The van der Waals surface area contributed by atoms with Crippen LogP contribution < -0.4 is 5.32 Å². The highest BCUT2D eigenvalue weighted by atomic mass is 32.1. The molecule has 2 aromatic carbocycles. The number of benzene rings is 2. The zero-order valence-corrected chi connectivity index (χ0v) is 17.4. The minimum Gasteiger partial charge on any atom is -0.398 e. The number of amides is 1. The number of nitrogens with one attached hydrogen (secondary N) is 1. The Kier molecular flexibility index (Phi) is 6.35. The van der Waals surface area contributed by atoms with E-state index in [1.54, 1.807) is 24.3 Å². The molecule has 0 saturated carbocycles. The van der Waals surface area contributed by atoms with Crippen LogP contribution in [0.15, 0.2) is 53.7 Å². The van der Waals surface area contributed by atoms with Gasteiger partial charge in [0.05, 0.1) is 0 Å². The number of likely N-dealkylation sites (N-methyl/N-ethyl adjacent to an activating group) is 1. The third-order valence-corrected chi connectivity index (χ3v) is 5.30. The van der Waals surface area contributed by atoms with Crippen LogP contribution in [0.2, 0.25) is 0 Å². The fourth-order valence-electron chi connectivity index (χ4n) is 2.81. The van der Waals surface area contributed by atoms with Crippen molar-refractivity contribution in [3.05, 3.63) is 75.8 Å². The average Bonchev–Trinajstić information content (AvgIpc) is 3.21. The molecule has 30 heavy (non-hydrogen) atoms. The molecule has 8 heteroatoms. The molecule has 0 spiro atoms. The largest absolute Gasteiger partial charge is 0.398 e. The molecule has 0 saturated heterocycles. The van der Waals surface area contributed by atoms with E-state index in [0.717, 1.165) is 22.5 Å². The van der Waals surface area contributed by atoms with Crippen molar-refractivity contribution in [1.29, 1.82) is 5.26 Å². The molecule has 0 aliphatic rings. The lowest BCUT2D eigenvalue weighted by Gasteiger charge is -2.09. The first-order valence-corrected chi connectivity index (χ1v) is 9.77. The van der Waals surface area contributed by atoms with Gasteiger partial charge < -0.3 is 10.2 Å². The summed E-state index contributed by atoms with van der Waals surface area (Å²) in [5.74, 6) is -0.972. The lowest BCUT2D eigenvalue weighted by molar-refractivity contribution is -0.114. The van der Waals surface area contributed by atoms with Crippen molar-refractivity contribution in [3.63, 3.8) is 0 Å². The van der Waals surface area contributed by atoms with Crippen LogP contribution in [-0.2, 0) is 9.63 Å². The number of aromatic nitrogens is 1. The maximum absolute atomic E-state index is 13.3. The molecule has 1 amide bonds. The molecular weight excluding hydrogens is 400 g/mol. The van der Waals surface area contributed by atoms with Crippen molar-refractivity contribution >= 4 is 28.7 Å². The molecule has 0 radical (unpaired) electrons. The Labute approximate surface area is 177 Å². The van der Waals surface area contributed by atoms with Crippen molar-refractivity contribution in [3.8, 4) is 16.6 Å². The number of ketones is 1. The van der Waals surface area contributed by atoms with Gasteiger partial charge in [0, 0.05) is 23.7 Å². The highest BCUT2D eigenvalue weighted by Gasteiger charge is 2.26. The van der Waals surface area contributed by atoms with E-state index in [9.17, 15) is 14.9 Å². The first-order valence-electron chi connectivity index (χ1n) is 8.95. The molecule has 0 atom stereocenters. The summed E-state index contributed by atoms with van der Waals surface area (Å²) in [5.41, 5.74) is 2.41. The van der Waals surface area contributed by atoms with Crippen molar-refractivity contribution in [2.45, 2.75) is 6.92 Å². The quantitative estimate of drug-likeness (QED) is 0.376. The molecule has 7 nitrogen and oxygen atoms in total. The van der Waals surface area contributed by atoms with Crippen molar-refractivity contribution in [1.82, 2.24) is 10.3 Å². The van der Waals surface area contributed by atoms with Crippen molar-refractivity contribution in [2.75, 3.05) is 14.2 Å². The minimum atomic E-state index is -0.503. The summed E-state index contributed by atoms with van der Waals surface area (Å²) in [4.78, 5) is 35.0. The Morgan fingerprint density at radius 2 is 1.80 bits per heavy atom. The first kappa shape index (κ1) is 20.9. The molecular formula is C22H18N4O3S. The van der Waals surface area contributed by atoms with E-state index in [1.807, 2.05) is 31.2 Å². The predicted molar refractivity (Wildman–Crippen MR) is 114 cm³/mol. The van der Waals surface area contributed by atoms with E-state index < -0.39 is 11.7 Å². The maximum atomic E-state index is 13.3. The van der Waals surface area contributed by atoms with Gasteiger partial charge in [-0.3, -0.25) is 9.59 Å². The number of thiazole rings is 1. The van der Waals surface area contributed by atoms with E-state index in [1.165, 1.54) is 14.2 Å². The third-order valence-electron chi connectivity index (χ3n) is 4.29. The molecule has 1 aromatic heterocycles. The van der Waals surface area contributed by atoms with Gasteiger partial charge in [0.15, 0.2) is 5.71 Å². The second kappa shape index (κ2) is 9.11. The zero-order valence-electron chi connectivity index (χ0n) is 16.6. The Morgan fingerprint density at radius 1 is 1.13 bits per heavy atom. The molecule has 0 aliphatic heterocycles. The number of nitrogens with zero attached hydrogens (tertiary/aromatic N) is 3. The van der Waals surface area contributed by atoms with Gasteiger partial charge in [-0.25, -0.2) is 4.98 Å². The second-order valence-electron chi connectivity index (χ2n) is 6.25. The first-order chi connectivity index (χ1) is 14.5. The number of hydrogen-bond acceptors (Lipinski definition) is 7. The SMILES string of the molecule is CNC(=O)/C(=N/OC)c1ccccc1C(=O)c1nc(-c2ccc(C)cc2)sc1C#N. The highest BCUT2D eigenvalue weighted by molar-refractivity contribution is 7.15. The highest BCUT2D eigenvalue weighted by Crippen LogP contribution is 2.30. The van der Waals surface area contributed by atoms with Crippen LogP contribution in [0.3, 0.4) is 0 Å². The Bertz CT molecular complexity index is 1170. The number of carbonyl (C=O) groups is 2. The van der Waals surface area contributed by atoms with Gasteiger partial charge in [-0.2, -0.15) is 5.26 Å². The van der Waals surface area contributed by atoms with Gasteiger partial charge in [0.1, 0.15) is 28.8 Å². The normalized spacial score (nSPS) is 10.9. The van der Waals surface area contributed by atoms with Crippen LogP contribution in [-0.4, -0.2) is 36.5 Å². The number of oxime groups is 1. The summed E-state index contributed by atoms with van der Waals surface area (Å²) in [6.07, 6.45) is 0. The van der Waals surface area contributed by atoms with E-state index in [4.69, 9.17) is 4.84 Å². The van der Waals surface area contributed by atoms with Crippen LogP contribution in [0.25, 0.3) is 10.6 Å². The lowest BCUT2D eigenvalue weighted by Crippen LogP contribution is -2.30. The zero-order chi connectivity index (χ0) is 21.7. The summed E-state index contributed by atoms with van der Waals surface area (Å²) in [5, 5.41) is 16.4. The van der Waals surface area contributed by atoms with Gasteiger partial charge in [-0.15, -0.1) is 11.3 Å². The maximum Gasteiger partial charge on any atom is 0.273 e. The molecule has 3 rings (SSSR count). The van der Waals surface area contributed by atoms with E-state index in [0.29, 0.717) is 5.01 Å². The summed E-state index contributed by atoms with van der Waals surface area (Å²) < 4.78 is 0. The topological polar surface area (TPSA) is 104 Å². The van der Waals surface area contributed by atoms with Gasteiger partial charge in [0.25, 0.3) is 5.91 Å². The van der Waals surface area contributed by atoms with Gasteiger partial charge in [-0.1, -0.05) is 59.3 Å². The second-order valence-corrected chi connectivity index (χ2v) is 7.25. The molecule has 150 valence electrons. The Balaban J connectivity index is 2.10. The molecule has 0 fully saturated rings. The standard InChI is InChI=1S/C22H18N4O3S/c1-13-8-10-14(11-9-13)22-25-19(17(12-23)30-22)20(27)16-7-5-4-6-15(16)18(26-29-3)21(28)24-2/h4-11H,1-3H3,(H,24,28)/b26-18+. The minimum absolute atomic E-state index is 0.0409. The number of hydrogen-bond donors (Lipinski definition) is 1. The summed E-state index contributed by atoms with van der Waals surface area (Å²) >= 11 is 1.15. The van der Waals surface area contributed by atoms with Gasteiger partial charge in [-0.05, 0) is 6.92 Å². The third kappa shape index (κ3) is 4.11. The van der Waals surface area contributed by atoms with Crippen LogP contribution in [0, 0.1) is 18.3 Å². The van der Waals surface area contributed by atoms with E-state index in [-0.39, 0.29) is 27.4 Å². The van der Waals surface area contributed by atoms with Gasteiger partial charge >= 0.3 is 0 Å². The molecule has 1 heterocycles. The van der Waals surface area contributed by atoms with Crippen LogP contribution >= 0.6 is 11.3 Å². The smallest absolute Gasteiger partial charge is 0.273 e. The fraction of sp³-hybridized carbons (Fsp3) is 0.136. The Hall–Kier alpha value is -3.83. The molecule has 0 unspecified atom stereocenters. The number of rotatable bonds is 6. The monoisotopic (exact) mass is 418 g/mol. The number of nitriles is 1. The Morgan fingerprint density at radius 3 is 2.40 bits per heavy atom. The number of aryl methyl sites for hydroxylation is 1. The molecule has 3 aromatic rings. The average molecular weight is 418 g/mol. The predicted octanol–water partition coefficient (Wildman–Crippen LogP) is 3.32. The summed E-state index contributed by atoms with van der Waals surface area (Å²) in [6.45, 7) is 1.98. The molecule has 0 aliphatic carbocycles. The number of carbonyl (C=O) groups excluding carboxylic acids is 2. The summed E-state index contributed by atoms with van der Waals surface area (Å²) in [6, 6.07) is 16.2. The van der Waals surface area contributed by atoms with E-state index >= 15 is 0 Å². The summed E-state index contributed by atoms with van der Waals surface area (Å²) in [7, 11) is 2.77. The van der Waals surface area contributed by atoms with Crippen molar-refractivity contribution in [2.24, 2.45) is 5.16 Å². The molecule has 0 bridgehead atoms. The fourth-order valence-corrected chi connectivity index (χ4v) is 3.67. The van der Waals surface area contributed by atoms with Crippen LogP contribution in [0.1, 0.15) is 32.1 Å². The van der Waals surface area contributed by atoms with Gasteiger partial charge in [0.2, 0.25) is 5.78 Å².